The highest BCUT2D eigenvalue weighted by molar-refractivity contribution is 7.92. The first-order valence-electron chi connectivity index (χ1n) is 10.3. The lowest BCUT2D eigenvalue weighted by atomic mass is 10.1. The van der Waals surface area contributed by atoms with Crippen LogP contribution < -0.4 is 4.31 Å². The first kappa shape index (κ1) is 22.4. The van der Waals surface area contributed by atoms with Gasteiger partial charge in [-0.25, -0.2) is 13.2 Å². The highest BCUT2D eigenvalue weighted by atomic mass is 32.2. The topological polar surface area (TPSA) is 123 Å². The highest BCUT2D eigenvalue weighted by Crippen LogP contribution is 2.31. The largest absolute Gasteiger partial charge is 0.454 e. The van der Waals surface area contributed by atoms with Crippen LogP contribution >= 0.6 is 0 Å². The van der Waals surface area contributed by atoms with Crippen LogP contribution in [0.25, 0.3) is 5.88 Å². The number of ether oxygens (including phenoxy) is 1. The number of nitrogens with zero attached hydrogens (tertiary/aromatic N) is 3. The molecule has 0 spiro atoms. The maximum absolute atomic E-state index is 12.7. The number of benzene rings is 1. The number of aromatic nitrogens is 1. The number of aryl methyl sites for hydroxylation is 1. The molecule has 0 saturated carbocycles. The van der Waals surface area contributed by atoms with E-state index in [4.69, 9.17) is 9.15 Å². The summed E-state index contributed by atoms with van der Waals surface area (Å²) in [5, 5.41) is 9.56. The van der Waals surface area contributed by atoms with E-state index in [0.717, 1.165) is 5.56 Å². The number of ketones is 1. The molecule has 1 aromatic carbocycles. The molecule has 0 radical (unpaired) electrons. The van der Waals surface area contributed by atoms with Crippen LogP contribution in [0, 0.1) is 18.3 Å². The molecular formula is C23H21N3O6S. The van der Waals surface area contributed by atoms with E-state index >= 15 is 0 Å². The molecule has 3 heterocycles. The molecule has 1 aliphatic rings. The van der Waals surface area contributed by atoms with Crippen LogP contribution in [-0.2, 0) is 21.2 Å². The first-order chi connectivity index (χ1) is 15.8. The Kier molecular flexibility index (Phi) is 5.82. The van der Waals surface area contributed by atoms with Crippen LogP contribution in [-0.4, -0.2) is 43.6 Å². The number of hydrogen-bond acceptors (Lipinski definition) is 7. The fraction of sp³-hybridized carbons (Fsp3) is 0.261. The summed E-state index contributed by atoms with van der Waals surface area (Å²) in [5.41, 5.74) is 1.63. The van der Waals surface area contributed by atoms with Gasteiger partial charge in [-0.15, -0.1) is 0 Å². The molecule has 2 aromatic heterocycles. The minimum atomic E-state index is -3.38. The zero-order chi connectivity index (χ0) is 23.8. The first-order valence-corrected chi connectivity index (χ1v) is 11.9. The molecule has 0 amide bonds. The Hall–Kier alpha value is -3.84. The summed E-state index contributed by atoms with van der Waals surface area (Å²) in [5.74, 6) is -0.868. The van der Waals surface area contributed by atoms with Gasteiger partial charge in [0.15, 0.2) is 12.4 Å². The number of furan rings is 1. The molecule has 9 nitrogen and oxygen atoms in total. The van der Waals surface area contributed by atoms with Gasteiger partial charge in [0.2, 0.25) is 15.9 Å². The van der Waals surface area contributed by atoms with Crippen molar-refractivity contribution in [2.24, 2.45) is 0 Å². The molecule has 170 valence electrons. The second-order valence-electron chi connectivity index (χ2n) is 7.48. The molecule has 0 N–H and O–H groups in total. The molecule has 0 aliphatic carbocycles. The maximum Gasteiger partial charge on any atom is 0.343 e. The van der Waals surface area contributed by atoms with E-state index in [9.17, 15) is 23.3 Å². The van der Waals surface area contributed by atoms with Crippen LogP contribution in [0.5, 0.6) is 0 Å². The van der Waals surface area contributed by atoms with E-state index in [1.807, 2.05) is 6.07 Å². The smallest absolute Gasteiger partial charge is 0.343 e. The predicted octanol–water partition coefficient (Wildman–Crippen LogP) is 3.00. The second kappa shape index (κ2) is 8.60. The minimum absolute atomic E-state index is 0.00671. The number of esters is 1. The number of carbonyl (C=O) groups is 2. The highest BCUT2D eigenvalue weighted by Gasteiger charge is 2.29. The van der Waals surface area contributed by atoms with E-state index in [1.54, 1.807) is 55.1 Å². The Morgan fingerprint density at radius 1 is 1.24 bits per heavy atom. The summed E-state index contributed by atoms with van der Waals surface area (Å²) in [6.45, 7) is 2.94. The van der Waals surface area contributed by atoms with E-state index < -0.39 is 28.4 Å². The maximum atomic E-state index is 12.7. The molecule has 0 fully saturated rings. The summed E-state index contributed by atoms with van der Waals surface area (Å²) in [6.07, 6.45) is 3.86. The average Bonchev–Trinajstić information content (AvgIpc) is 3.54. The number of fused-ring (bicyclic) bond motifs is 1. The normalized spacial score (nSPS) is 12.9. The number of rotatable bonds is 7. The number of carbonyl (C=O) groups excluding carboxylic acids is 2. The summed E-state index contributed by atoms with van der Waals surface area (Å²) >= 11 is 0. The van der Waals surface area contributed by atoms with Crippen molar-refractivity contribution in [1.82, 2.24) is 4.57 Å². The van der Waals surface area contributed by atoms with E-state index in [-0.39, 0.29) is 28.5 Å². The number of nitriles is 1. The molecule has 1 aliphatic heterocycles. The molecule has 10 heteroatoms. The van der Waals surface area contributed by atoms with Crippen LogP contribution in [0.15, 0.2) is 47.1 Å². The third-order valence-corrected chi connectivity index (χ3v) is 7.29. The number of Topliss-reactive ketones (excluding diaryl/α,β-unsaturated/α-hetero) is 1. The van der Waals surface area contributed by atoms with Crippen LogP contribution in [0.1, 0.15) is 44.5 Å². The average molecular weight is 468 g/mol. The molecule has 33 heavy (non-hydrogen) atoms. The molecular weight excluding hydrogens is 446 g/mol. The van der Waals surface area contributed by atoms with Crippen molar-refractivity contribution in [1.29, 1.82) is 5.26 Å². The van der Waals surface area contributed by atoms with Gasteiger partial charge in [0, 0.05) is 24.5 Å². The van der Waals surface area contributed by atoms with Gasteiger partial charge in [-0.1, -0.05) is 0 Å². The van der Waals surface area contributed by atoms with Gasteiger partial charge in [0.1, 0.15) is 23.0 Å². The Balaban J connectivity index is 1.49. The van der Waals surface area contributed by atoms with Gasteiger partial charge in [-0.2, -0.15) is 5.26 Å². The van der Waals surface area contributed by atoms with Crippen molar-refractivity contribution in [2.75, 3.05) is 23.2 Å². The number of hydrogen-bond donors (Lipinski definition) is 0. The quantitative estimate of drug-likeness (QED) is 0.387. The van der Waals surface area contributed by atoms with E-state index in [1.165, 1.54) is 10.4 Å². The third kappa shape index (κ3) is 4.03. The standard InChI is InChI=1S/C23H21N3O6S/c1-3-33(29,30)26-11-8-16-12-17(6-7-19(16)26)20(27)14-31-23(28)21-15(2)32-22(18(21)13-24)25-9-4-5-10-25/h4-7,9-10,12H,3,8,11,14H2,1-2H3. The SMILES string of the molecule is CCS(=O)(=O)N1CCc2cc(C(=O)COC(=O)c3c(C)oc(-n4cccc4)c3C#N)ccc21. The Labute approximate surface area is 190 Å². The molecule has 0 bridgehead atoms. The third-order valence-electron chi connectivity index (χ3n) is 5.51. The number of sulfonamides is 1. The summed E-state index contributed by atoms with van der Waals surface area (Å²) in [6, 6.07) is 10.2. The lowest BCUT2D eigenvalue weighted by Crippen LogP contribution is -2.30. The molecule has 0 atom stereocenters. The van der Waals surface area contributed by atoms with Crippen molar-refractivity contribution >= 4 is 27.5 Å². The summed E-state index contributed by atoms with van der Waals surface area (Å²) < 4.78 is 38.2. The molecule has 4 rings (SSSR count). The summed E-state index contributed by atoms with van der Waals surface area (Å²) in [4.78, 5) is 25.3. The van der Waals surface area contributed by atoms with Crippen molar-refractivity contribution < 1.29 is 27.2 Å². The van der Waals surface area contributed by atoms with Crippen LogP contribution in [0.4, 0.5) is 5.69 Å². The fourth-order valence-corrected chi connectivity index (χ4v) is 4.97. The molecule has 3 aromatic rings. The lowest BCUT2D eigenvalue weighted by molar-refractivity contribution is 0.0472. The van der Waals surface area contributed by atoms with Crippen molar-refractivity contribution in [3.63, 3.8) is 0 Å². The second-order valence-corrected chi connectivity index (χ2v) is 9.66. The van der Waals surface area contributed by atoms with Gasteiger partial charge in [0.05, 0.1) is 11.4 Å². The monoisotopic (exact) mass is 467 g/mol. The molecule has 0 unspecified atom stereocenters. The van der Waals surface area contributed by atoms with Crippen LogP contribution in [0.3, 0.4) is 0 Å². The fourth-order valence-electron chi connectivity index (χ4n) is 3.81. The van der Waals surface area contributed by atoms with Gasteiger partial charge >= 0.3 is 5.97 Å². The van der Waals surface area contributed by atoms with Gasteiger partial charge in [0.25, 0.3) is 0 Å². The zero-order valence-electron chi connectivity index (χ0n) is 18.1. The summed E-state index contributed by atoms with van der Waals surface area (Å²) in [7, 11) is -3.38. The lowest BCUT2D eigenvalue weighted by Gasteiger charge is -2.18. The van der Waals surface area contributed by atoms with Crippen molar-refractivity contribution in [2.45, 2.75) is 20.3 Å². The number of anilines is 1. The van der Waals surface area contributed by atoms with Gasteiger partial charge in [-0.3, -0.25) is 13.7 Å². The Bertz CT molecular complexity index is 1380. The van der Waals surface area contributed by atoms with Gasteiger partial charge < -0.3 is 9.15 Å². The van der Waals surface area contributed by atoms with Crippen molar-refractivity contribution in [3.05, 3.63) is 70.7 Å². The van der Waals surface area contributed by atoms with Gasteiger partial charge in [-0.05, 0) is 56.2 Å². The zero-order valence-corrected chi connectivity index (χ0v) is 18.9. The van der Waals surface area contributed by atoms with Crippen molar-refractivity contribution in [3.8, 4) is 12.0 Å². The van der Waals surface area contributed by atoms with Crippen LogP contribution in [0.2, 0.25) is 0 Å². The Morgan fingerprint density at radius 2 is 1.97 bits per heavy atom. The van der Waals surface area contributed by atoms with E-state index in [2.05, 4.69) is 0 Å². The minimum Gasteiger partial charge on any atom is -0.454 e. The van der Waals surface area contributed by atoms with E-state index in [0.29, 0.717) is 24.2 Å². The predicted molar refractivity (Wildman–Crippen MR) is 119 cm³/mol. The Morgan fingerprint density at radius 3 is 2.64 bits per heavy atom. The molecule has 0 saturated heterocycles.